The summed E-state index contributed by atoms with van der Waals surface area (Å²) in [4.78, 5) is 0. The highest BCUT2D eigenvalue weighted by atomic mass is 16.5. The van der Waals surface area contributed by atoms with Gasteiger partial charge in [-0.05, 0) is 49.3 Å². The molecule has 0 spiro atoms. The number of aryl methyl sites for hydroxylation is 2. The van der Waals surface area contributed by atoms with E-state index in [0.717, 1.165) is 26.0 Å². The van der Waals surface area contributed by atoms with E-state index < -0.39 is 5.60 Å². The molecule has 0 amide bonds. The first kappa shape index (κ1) is 14.1. The Morgan fingerprint density at radius 1 is 1.35 bits per heavy atom. The lowest BCUT2D eigenvalue weighted by molar-refractivity contribution is 0.00650. The largest absolute Gasteiger partial charge is 0.390 e. The topological polar surface area (TPSA) is 41.5 Å². The van der Waals surface area contributed by atoms with Crippen molar-refractivity contribution in [3.05, 3.63) is 34.9 Å². The Kier molecular flexibility index (Phi) is 4.11. The summed E-state index contributed by atoms with van der Waals surface area (Å²) in [6.07, 6.45) is 5.15. The standard InChI is InChI=1S/C17H25NO2/c1-17(19,11-16-12-20-8-7-18-16)10-13-5-6-14-3-2-4-15(14)9-13/h5-6,9,16,18-19H,2-4,7-8,10-12H2,1H3. The van der Waals surface area contributed by atoms with Crippen molar-refractivity contribution >= 4 is 0 Å². The van der Waals surface area contributed by atoms with Gasteiger partial charge >= 0.3 is 0 Å². The third-order valence-corrected chi connectivity index (χ3v) is 4.43. The van der Waals surface area contributed by atoms with E-state index in [1.165, 1.54) is 36.0 Å². The van der Waals surface area contributed by atoms with E-state index in [1.54, 1.807) is 0 Å². The van der Waals surface area contributed by atoms with Crippen LogP contribution in [0.1, 0.15) is 36.5 Å². The number of aliphatic hydroxyl groups is 1. The maximum absolute atomic E-state index is 10.7. The van der Waals surface area contributed by atoms with Crippen LogP contribution in [0.5, 0.6) is 0 Å². The molecule has 2 atom stereocenters. The number of morpholine rings is 1. The Hall–Kier alpha value is -0.900. The maximum atomic E-state index is 10.7. The number of benzene rings is 1. The first-order valence-electron chi connectivity index (χ1n) is 7.77. The fourth-order valence-corrected chi connectivity index (χ4v) is 3.53. The monoisotopic (exact) mass is 275 g/mol. The summed E-state index contributed by atoms with van der Waals surface area (Å²) < 4.78 is 5.47. The second-order valence-corrected chi connectivity index (χ2v) is 6.56. The van der Waals surface area contributed by atoms with Crippen molar-refractivity contribution in [3.63, 3.8) is 0 Å². The minimum Gasteiger partial charge on any atom is -0.390 e. The lowest BCUT2D eigenvalue weighted by Crippen LogP contribution is -2.46. The Labute approximate surface area is 121 Å². The van der Waals surface area contributed by atoms with Crippen molar-refractivity contribution in [2.24, 2.45) is 0 Å². The zero-order valence-corrected chi connectivity index (χ0v) is 12.3. The van der Waals surface area contributed by atoms with Gasteiger partial charge in [-0.2, -0.15) is 0 Å². The molecule has 2 aliphatic rings. The molecule has 0 radical (unpaired) electrons. The van der Waals surface area contributed by atoms with Gasteiger partial charge < -0.3 is 15.2 Å². The molecule has 0 aromatic heterocycles. The van der Waals surface area contributed by atoms with Gasteiger partial charge in [0.25, 0.3) is 0 Å². The summed E-state index contributed by atoms with van der Waals surface area (Å²) in [6.45, 7) is 4.32. The van der Waals surface area contributed by atoms with Crippen LogP contribution in [0.4, 0.5) is 0 Å². The fourth-order valence-electron chi connectivity index (χ4n) is 3.53. The van der Waals surface area contributed by atoms with Crippen LogP contribution >= 0.6 is 0 Å². The third kappa shape index (κ3) is 3.40. The van der Waals surface area contributed by atoms with E-state index in [2.05, 4.69) is 23.5 Å². The molecule has 1 fully saturated rings. The van der Waals surface area contributed by atoms with Crippen molar-refractivity contribution in [1.82, 2.24) is 5.32 Å². The quantitative estimate of drug-likeness (QED) is 0.881. The van der Waals surface area contributed by atoms with Gasteiger partial charge in [-0.15, -0.1) is 0 Å². The van der Waals surface area contributed by atoms with Gasteiger partial charge in [-0.1, -0.05) is 18.2 Å². The number of rotatable bonds is 4. The molecule has 110 valence electrons. The average Bonchev–Trinajstić information content (AvgIpc) is 2.86. The average molecular weight is 275 g/mol. The second-order valence-electron chi connectivity index (χ2n) is 6.56. The van der Waals surface area contributed by atoms with E-state index >= 15 is 0 Å². The highest BCUT2D eigenvalue weighted by molar-refractivity contribution is 5.35. The molecule has 1 aromatic rings. The normalized spacial score (nSPS) is 25.2. The Bertz CT molecular complexity index is 464. The Morgan fingerprint density at radius 2 is 2.20 bits per heavy atom. The molecule has 3 heteroatoms. The van der Waals surface area contributed by atoms with Gasteiger partial charge in [-0.3, -0.25) is 0 Å². The van der Waals surface area contributed by atoms with Crippen molar-refractivity contribution in [2.45, 2.75) is 50.7 Å². The SMILES string of the molecule is CC(O)(Cc1ccc2c(c1)CCC2)CC1COCCN1. The van der Waals surface area contributed by atoms with Crippen LogP contribution in [-0.2, 0) is 24.0 Å². The molecule has 1 aliphatic carbocycles. The molecule has 3 rings (SSSR count). The van der Waals surface area contributed by atoms with Crippen LogP contribution in [0, 0.1) is 0 Å². The predicted molar refractivity (Wildman–Crippen MR) is 80.0 cm³/mol. The van der Waals surface area contributed by atoms with E-state index in [0.29, 0.717) is 6.61 Å². The van der Waals surface area contributed by atoms with Crippen molar-refractivity contribution < 1.29 is 9.84 Å². The van der Waals surface area contributed by atoms with Gasteiger partial charge in [0.05, 0.1) is 18.8 Å². The van der Waals surface area contributed by atoms with E-state index in [-0.39, 0.29) is 6.04 Å². The minimum atomic E-state index is -0.675. The zero-order valence-electron chi connectivity index (χ0n) is 12.3. The van der Waals surface area contributed by atoms with Gasteiger partial charge in [0.15, 0.2) is 0 Å². The number of ether oxygens (including phenoxy) is 1. The van der Waals surface area contributed by atoms with Gasteiger partial charge in [0.1, 0.15) is 0 Å². The molecule has 1 aromatic carbocycles. The molecule has 0 saturated carbocycles. The van der Waals surface area contributed by atoms with Crippen molar-refractivity contribution in [3.8, 4) is 0 Å². The summed E-state index contributed by atoms with van der Waals surface area (Å²) in [5.41, 5.74) is 3.56. The molecule has 1 saturated heterocycles. The number of nitrogens with one attached hydrogen (secondary N) is 1. The lowest BCUT2D eigenvalue weighted by Gasteiger charge is -2.31. The van der Waals surface area contributed by atoms with Crippen LogP contribution in [0.25, 0.3) is 0 Å². The molecule has 2 N–H and O–H groups in total. The highest BCUT2D eigenvalue weighted by Gasteiger charge is 2.27. The summed E-state index contributed by atoms with van der Waals surface area (Å²) in [6, 6.07) is 6.99. The third-order valence-electron chi connectivity index (χ3n) is 4.43. The van der Waals surface area contributed by atoms with Crippen molar-refractivity contribution in [2.75, 3.05) is 19.8 Å². The molecule has 1 heterocycles. The van der Waals surface area contributed by atoms with Gasteiger partial charge in [0.2, 0.25) is 0 Å². The summed E-state index contributed by atoms with van der Waals surface area (Å²) in [5, 5.41) is 14.1. The number of hydrogen-bond donors (Lipinski definition) is 2. The fraction of sp³-hybridized carbons (Fsp3) is 0.647. The van der Waals surface area contributed by atoms with E-state index in [9.17, 15) is 5.11 Å². The molecule has 20 heavy (non-hydrogen) atoms. The maximum Gasteiger partial charge on any atom is 0.0675 e. The second kappa shape index (κ2) is 5.84. The molecular formula is C17H25NO2. The van der Waals surface area contributed by atoms with Gasteiger partial charge in [0, 0.05) is 19.0 Å². The molecule has 0 bridgehead atoms. The van der Waals surface area contributed by atoms with Crippen LogP contribution in [0.3, 0.4) is 0 Å². The number of hydrogen-bond acceptors (Lipinski definition) is 3. The Morgan fingerprint density at radius 3 is 3.00 bits per heavy atom. The molecule has 3 nitrogen and oxygen atoms in total. The van der Waals surface area contributed by atoms with Crippen LogP contribution in [-0.4, -0.2) is 36.5 Å². The van der Waals surface area contributed by atoms with Crippen molar-refractivity contribution in [1.29, 1.82) is 0 Å². The number of fused-ring (bicyclic) bond motifs is 1. The molecule has 2 unspecified atom stereocenters. The summed E-state index contributed by atoms with van der Waals surface area (Å²) in [5.74, 6) is 0. The zero-order chi connectivity index (χ0) is 14.0. The first-order valence-corrected chi connectivity index (χ1v) is 7.77. The van der Waals surface area contributed by atoms with E-state index in [1.807, 2.05) is 6.92 Å². The molecule has 1 aliphatic heterocycles. The van der Waals surface area contributed by atoms with E-state index in [4.69, 9.17) is 4.74 Å². The highest BCUT2D eigenvalue weighted by Crippen LogP contribution is 2.26. The van der Waals surface area contributed by atoms with Crippen LogP contribution in [0.15, 0.2) is 18.2 Å². The van der Waals surface area contributed by atoms with Crippen LogP contribution < -0.4 is 5.32 Å². The Balaban J connectivity index is 1.63. The summed E-state index contributed by atoms with van der Waals surface area (Å²) in [7, 11) is 0. The van der Waals surface area contributed by atoms with Gasteiger partial charge in [-0.25, -0.2) is 0 Å². The first-order chi connectivity index (χ1) is 9.62. The minimum absolute atomic E-state index is 0.271. The smallest absolute Gasteiger partial charge is 0.0675 e. The molecular weight excluding hydrogens is 250 g/mol. The summed E-state index contributed by atoms with van der Waals surface area (Å²) >= 11 is 0. The van der Waals surface area contributed by atoms with Crippen LogP contribution in [0.2, 0.25) is 0 Å². The lowest BCUT2D eigenvalue weighted by atomic mass is 9.89. The predicted octanol–water partition coefficient (Wildman–Crippen LogP) is 1.85.